The zero-order valence-electron chi connectivity index (χ0n) is 23.3. The van der Waals surface area contributed by atoms with Crippen LogP contribution in [0.3, 0.4) is 0 Å². The first kappa shape index (κ1) is 31.6. The summed E-state index contributed by atoms with van der Waals surface area (Å²) in [4.78, 5) is 28.7. The van der Waals surface area contributed by atoms with Gasteiger partial charge in [-0.05, 0) is 34.9 Å². The molecule has 0 bridgehead atoms. The van der Waals surface area contributed by atoms with Gasteiger partial charge in [0.2, 0.25) is 6.23 Å². The lowest BCUT2D eigenvalue weighted by Crippen LogP contribution is -2.52. The van der Waals surface area contributed by atoms with Crippen LogP contribution in [-0.2, 0) is 50.1 Å². The van der Waals surface area contributed by atoms with E-state index in [0.29, 0.717) is 23.3 Å². The number of cyclic esters (lactones) is 1. The molecule has 45 heavy (non-hydrogen) atoms. The number of amides is 1. The molecule has 1 aliphatic heterocycles. The zero-order chi connectivity index (χ0) is 32.2. The van der Waals surface area contributed by atoms with Crippen LogP contribution in [-0.4, -0.2) is 23.6 Å². The molecule has 1 saturated heterocycles. The summed E-state index contributed by atoms with van der Waals surface area (Å²) >= 11 is 0. The number of hydrogen-bond donors (Lipinski definition) is 0. The predicted octanol–water partition coefficient (Wildman–Crippen LogP) is 8.03. The Kier molecular flexibility index (Phi) is 8.87. The van der Waals surface area contributed by atoms with E-state index in [9.17, 15) is 35.9 Å². The lowest BCUT2D eigenvalue weighted by Gasteiger charge is -2.35. The number of alkyl halides is 6. The molecule has 0 spiro atoms. The number of carbonyl (C=O) groups excluding carboxylic acids is 2. The molecule has 0 N–H and O–H groups in total. The summed E-state index contributed by atoms with van der Waals surface area (Å²) in [6, 6.07) is 26.0. The van der Waals surface area contributed by atoms with Crippen molar-refractivity contribution in [3.63, 3.8) is 0 Å². The van der Waals surface area contributed by atoms with E-state index in [-0.39, 0.29) is 18.2 Å². The van der Waals surface area contributed by atoms with Gasteiger partial charge >= 0.3 is 24.4 Å². The average Bonchev–Trinajstić information content (AvgIpc) is 3.33. The van der Waals surface area contributed by atoms with Crippen LogP contribution in [0.5, 0.6) is 0 Å². The van der Waals surface area contributed by atoms with E-state index in [4.69, 9.17) is 14.2 Å². The molecule has 2 atom stereocenters. The third-order valence-corrected chi connectivity index (χ3v) is 7.17. The van der Waals surface area contributed by atoms with E-state index in [1.807, 2.05) is 0 Å². The highest BCUT2D eigenvalue weighted by atomic mass is 19.4. The maximum atomic E-state index is 13.8. The van der Waals surface area contributed by atoms with E-state index in [0.717, 1.165) is 4.90 Å². The topological polar surface area (TPSA) is 65.1 Å². The fourth-order valence-corrected chi connectivity index (χ4v) is 5.03. The van der Waals surface area contributed by atoms with Gasteiger partial charge in [-0.3, -0.25) is 0 Å². The quantitative estimate of drug-likeness (QED) is 0.146. The molecule has 1 amide bonds. The molecular weight excluding hydrogens is 604 g/mol. The Morgan fingerprint density at radius 2 is 1.27 bits per heavy atom. The molecule has 1 fully saturated rings. The van der Waals surface area contributed by atoms with Crippen molar-refractivity contribution in [2.45, 2.75) is 37.3 Å². The summed E-state index contributed by atoms with van der Waals surface area (Å²) < 4.78 is 97.8. The molecule has 0 aliphatic carbocycles. The van der Waals surface area contributed by atoms with Crippen LogP contribution in [0.15, 0.2) is 109 Å². The van der Waals surface area contributed by atoms with Crippen molar-refractivity contribution in [2.24, 2.45) is 0 Å². The van der Waals surface area contributed by atoms with Crippen LogP contribution >= 0.6 is 0 Å². The molecule has 12 heteroatoms. The fourth-order valence-electron chi connectivity index (χ4n) is 5.03. The molecule has 6 nitrogen and oxygen atoms in total. The third-order valence-electron chi connectivity index (χ3n) is 7.17. The highest BCUT2D eigenvalue weighted by Crippen LogP contribution is 2.46. The standard InChI is InChI=1S/C33H25F6NO5/c34-32(35,36)26-16-23(17-27(18-26)33(37,38)39)19-43-21-31(25-14-8-3-9-15-25)29(41)45-28(24-12-6-2-7-13-24)40(31)30(42)44-20-22-10-4-1-5-11-22/h1-18,28H,19-21H2/t28?,31-/m1/s1. The van der Waals surface area contributed by atoms with Crippen LogP contribution in [0.25, 0.3) is 0 Å². The van der Waals surface area contributed by atoms with Gasteiger partial charge in [0, 0.05) is 5.56 Å². The van der Waals surface area contributed by atoms with Crippen molar-refractivity contribution < 1.29 is 50.1 Å². The molecule has 4 aromatic carbocycles. The minimum Gasteiger partial charge on any atom is -0.444 e. The van der Waals surface area contributed by atoms with E-state index in [1.54, 1.807) is 78.9 Å². The Labute approximate surface area is 253 Å². The summed E-state index contributed by atoms with van der Waals surface area (Å²) in [6.45, 7) is -1.60. The van der Waals surface area contributed by atoms with Crippen LogP contribution < -0.4 is 0 Å². The number of nitrogens with zero attached hydrogens (tertiary/aromatic N) is 1. The number of rotatable bonds is 8. The summed E-state index contributed by atoms with van der Waals surface area (Å²) in [5.41, 5.74) is -4.19. The van der Waals surface area contributed by atoms with Gasteiger partial charge in [0.1, 0.15) is 6.61 Å². The second-order valence-electron chi connectivity index (χ2n) is 10.2. The van der Waals surface area contributed by atoms with E-state index >= 15 is 0 Å². The number of carbonyl (C=O) groups is 2. The van der Waals surface area contributed by atoms with Gasteiger partial charge < -0.3 is 14.2 Å². The highest BCUT2D eigenvalue weighted by molar-refractivity contribution is 5.90. The Bertz CT molecular complexity index is 1600. The predicted molar refractivity (Wildman–Crippen MR) is 148 cm³/mol. The summed E-state index contributed by atoms with van der Waals surface area (Å²) in [6.07, 6.45) is -12.4. The SMILES string of the molecule is O=C(OCc1ccccc1)N1C(c2ccccc2)OC(=O)[C@@]1(COCc1cc(C(F)(F)F)cc(C(F)(F)F)c1)c1ccccc1. The number of halogens is 6. The number of hydrogen-bond acceptors (Lipinski definition) is 5. The first-order valence-electron chi connectivity index (χ1n) is 13.6. The van der Waals surface area contributed by atoms with Crippen molar-refractivity contribution in [3.05, 3.63) is 143 Å². The Morgan fingerprint density at radius 3 is 1.82 bits per heavy atom. The maximum absolute atomic E-state index is 13.8. The van der Waals surface area contributed by atoms with Crippen LogP contribution in [0, 0.1) is 0 Å². The van der Waals surface area contributed by atoms with Gasteiger partial charge in [-0.15, -0.1) is 0 Å². The zero-order valence-corrected chi connectivity index (χ0v) is 23.3. The van der Waals surface area contributed by atoms with E-state index in [1.165, 1.54) is 12.1 Å². The Balaban J connectivity index is 1.53. The summed E-state index contributed by atoms with van der Waals surface area (Å²) in [5, 5.41) is 0. The number of esters is 1. The molecule has 0 aromatic heterocycles. The lowest BCUT2D eigenvalue weighted by atomic mass is 9.89. The van der Waals surface area contributed by atoms with Crippen LogP contribution in [0.1, 0.15) is 39.6 Å². The van der Waals surface area contributed by atoms with Gasteiger partial charge in [0.05, 0.1) is 24.3 Å². The molecule has 4 aromatic rings. The monoisotopic (exact) mass is 629 g/mol. The molecule has 1 unspecified atom stereocenters. The van der Waals surface area contributed by atoms with Crippen LogP contribution in [0.4, 0.5) is 31.1 Å². The largest absolute Gasteiger partial charge is 0.444 e. The second kappa shape index (κ2) is 12.6. The van der Waals surface area contributed by atoms with E-state index < -0.39 is 66.1 Å². The normalized spacial score (nSPS) is 18.5. The number of ether oxygens (including phenoxy) is 3. The fraction of sp³-hybridized carbons (Fsp3) is 0.212. The summed E-state index contributed by atoms with van der Waals surface area (Å²) in [7, 11) is 0. The molecule has 1 heterocycles. The second-order valence-corrected chi connectivity index (χ2v) is 10.2. The van der Waals surface area contributed by atoms with Gasteiger partial charge in [-0.2, -0.15) is 26.3 Å². The number of benzene rings is 4. The van der Waals surface area contributed by atoms with Crippen molar-refractivity contribution in [2.75, 3.05) is 6.61 Å². The van der Waals surface area contributed by atoms with Gasteiger partial charge in [0.15, 0.2) is 5.54 Å². The van der Waals surface area contributed by atoms with Gasteiger partial charge in [-0.1, -0.05) is 91.0 Å². The van der Waals surface area contributed by atoms with Crippen LogP contribution in [0.2, 0.25) is 0 Å². The minimum atomic E-state index is -5.06. The maximum Gasteiger partial charge on any atom is 0.416 e. The Morgan fingerprint density at radius 1 is 0.733 bits per heavy atom. The molecule has 5 rings (SSSR count). The van der Waals surface area contributed by atoms with Crippen molar-refractivity contribution in [1.29, 1.82) is 0 Å². The molecule has 234 valence electrons. The van der Waals surface area contributed by atoms with Crippen molar-refractivity contribution in [1.82, 2.24) is 4.90 Å². The molecular formula is C33H25F6NO5. The molecule has 0 radical (unpaired) electrons. The van der Waals surface area contributed by atoms with Crippen molar-refractivity contribution in [3.8, 4) is 0 Å². The highest BCUT2D eigenvalue weighted by Gasteiger charge is 2.60. The average molecular weight is 630 g/mol. The first-order chi connectivity index (χ1) is 21.4. The van der Waals surface area contributed by atoms with Gasteiger partial charge in [0.25, 0.3) is 0 Å². The van der Waals surface area contributed by atoms with Gasteiger partial charge in [-0.25, -0.2) is 14.5 Å². The van der Waals surface area contributed by atoms with E-state index in [2.05, 4.69) is 0 Å². The molecule has 1 aliphatic rings. The Hall–Kier alpha value is -4.84. The smallest absolute Gasteiger partial charge is 0.416 e. The third kappa shape index (κ3) is 6.80. The minimum absolute atomic E-state index is 0.0121. The van der Waals surface area contributed by atoms with Crippen molar-refractivity contribution >= 4 is 12.1 Å². The lowest BCUT2D eigenvalue weighted by molar-refractivity contribution is -0.148. The first-order valence-corrected chi connectivity index (χ1v) is 13.6. The molecule has 0 saturated carbocycles. The summed E-state index contributed by atoms with van der Waals surface area (Å²) in [5.74, 6) is -0.931.